The molecule has 44 heavy (non-hydrogen) atoms. The molecule has 0 atom stereocenters. The summed E-state index contributed by atoms with van der Waals surface area (Å²) in [7, 11) is 0. The fraction of sp³-hybridized carbons (Fsp3) is 0.0250. The third kappa shape index (κ3) is 4.73. The predicted molar refractivity (Wildman–Crippen MR) is 181 cm³/mol. The van der Waals surface area contributed by atoms with Crippen molar-refractivity contribution in [1.82, 2.24) is 20.0 Å². The molecule has 4 nitrogen and oxygen atoms in total. The van der Waals surface area contributed by atoms with Crippen LogP contribution in [-0.2, 0) is 0 Å². The lowest BCUT2D eigenvalue weighted by Crippen LogP contribution is -1.98. The minimum absolute atomic E-state index is 0.198. The zero-order chi connectivity index (χ0) is 33.8. The van der Waals surface area contributed by atoms with Gasteiger partial charge >= 0.3 is 0 Å². The van der Waals surface area contributed by atoms with Gasteiger partial charge in [0.05, 0.1) is 12.5 Å². The van der Waals surface area contributed by atoms with E-state index in [0.717, 1.165) is 66.4 Å². The van der Waals surface area contributed by atoms with Crippen LogP contribution in [0.25, 0.3) is 72.0 Å². The van der Waals surface area contributed by atoms with Crippen LogP contribution in [0.5, 0.6) is 0 Å². The number of hydrogen-bond donors (Lipinski definition) is 0. The lowest BCUT2D eigenvalue weighted by molar-refractivity contribution is 0.766. The van der Waals surface area contributed by atoms with Gasteiger partial charge in [-0.1, -0.05) is 115 Å². The van der Waals surface area contributed by atoms with Gasteiger partial charge in [-0.3, -0.25) is 4.98 Å². The van der Waals surface area contributed by atoms with E-state index >= 15 is 0 Å². The number of nitrogens with zero attached hydrogens (tertiary/aromatic N) is 4. The number of fused-ring (bicyclic) bond motifs is 3. The fourth-order valence-electron chi connectivity index (χ4n) is 5.68. The summed E-state index contributed by atoms with van der Waals surface area (Å²) in [4.78, 5) is 5.84. The Labute approximate surface area is 262 Å². The largest absolute Gasteiger partial charge is 0.265 e. The van der Waals surface area contributed by atoms with E-state index in [9.17, 15) is 0 Å². The van der Waals surface area contributed by atoms with Crippen LogP contribution in [0.15, 0.2) is 152 Å². The molecule has 6 aromatic carbocycles. The molecule has 0 radical (unpaired) electrons. The number of aromatic nitrogens is 4. The van der Waals surface area contributed by atoms with Crippen LogP contribution in [0, 0.1) is 6.92 Å². The Kier molecular flexibility index (Phi) is 5.11. The van der Waals surface area contributed by atoms with Gasteiger partial charge in [0.1, 0.15) is 11.0 Å². The Hall–Kier alpha value is -5.87. The minimum atomic E-state index is -0.395. The standard InChI is InChI=1S/C40H28N4/c1-27-10-19-36-38(24-27)37(33-17-15-31(16-18-33)30-13-11-29(12-14-30)28-6-3-2-4-7-28)26-39-40(36)43-44(42-39)35-9-5-8-34(25-35)32-20-22-41-23-21-32/h2-26H,1H3/i2D,3D,4D,6D,7D. The SMILES string of the molecule is [2H]c1c([2H])c([2H])c(-c2ccc(-c3ccc(-c4cc5nn(-c6cccc(-c7ccncc7)c6)nc5c5ccc(C)cc45)cc3)cc2)c([2H])c1[2H]. The van der Waals surface area contributed by atoms with Crippen molar-refractivity contribution >= 4 is 21.8 Å². The first-order valence-electron chi connectivity index (χ1n) is 16.9. The van der Waals surface area contributed by atoms with Crippen molar-refractivity contribution in [2.24, 2.45) is 0 Å². The van der Waals surface area contributed by atoms with Crippen molar-refractivity contribution in [3.05, 3.63) is 157 Å². The van der Waals surface area contributed by atoms with E-state index in [2.05, 4.69) is 72.6 Å². The van der Waals surface area contributed by atoms with Crippen LogP contribution < -0.4 is 0 Å². The first-order chi connectivity index (χ1) is 23.8. The van der Waals surface area contributed by atoms with Crippen molar-refractivity contribution in [2.75, 3.05) is 0 Å². The van der Waals surface area contributed by atoms with Gasteiger partial charge in [0.15, 0.2) is 0 Å². The Balaban J connectivity index is 1.16. The molecular formula is C40H28N4. The maximum Gasteiger partial charge on any atom is 0.121 e. The summed E-state index contributed by atoms with van der Waals surface area (Å²) >= 11 is 0. The van der Waals surface area contributed by atoms with Crippen LogP contribution in [0.4, 0.5) is 0 Å². The Bertz CT molecular complexity index is 2520. The second-order valence-electron chi connectivity index (χ2n) is 10.8. The van der Waals surface area contributed by atoms with Crippen molar-refractivity contribution in [3.63, 3.8) is 0 Å². The first kappa shape index (κ1) is 20.9. The van der Waals surface area contributed by atoms with E-state index < -0.39 is 6.04 Å². The molecule has 208 valence electrons. The summed E-state index contributed by atoms with van der Waals surface area (Å²) in [5.74, 6) is 0. The van der Waals surface area contributed by atoms with Crippen LogP contribution >= 0.6 is 0 Å². The van der Waals surface area contributed by atoms with Crippen molar-refractivity contribution < 1.29 is 6.85 Å². The highest BCUT2D eigenvalue weighted by molar-refractivity contribution is 6.11. The topological polar surface area (TPSA) is 43.6 Å². The Morgan fingerprint density at radius 2 is 1.20 bits per heavy atom. The minimum Gasteiger partial charge on any atom is -0.265 e. The predicted octanol–water partition coefficient (Wildman–Crippen LogP) is 9.95. The average molecular weight is 570 g/mol. The summed E-state index contributed by atoms with van der Waals surface area (Å²) in [6.07, 6.45) is 3.57. The fourth-order valence-corrected chi connectivity index (χ4v) is 5.68. The molecule has 0 aliphatic rings. The molecule has 0 bridgehead atoms. The third-order valence-electron chi connectivity index (χ3n) is 7.93. The van der Waals surface area contributed by atoms with E-state index in [0.29, 0.717) is 5.56 Å². The summed E-state index contributed by atoms with van der Waals surface area (Å²) < 4.78 is 40.6. The Morgan fingerprint density at radius 3 is 1.93 bits per heavy atom. The van der Waals surface area contributed by atoms with E-state index in [1.807, 2.05) is 36.4 Å². The van der Waals surface area contributed by atoms with Crippen LogP contribution in [-0.4, -0.2) is 20.0 Å². The van der Waals surface area contributed by atoms with Crippen molar-refractivity contribution in [3.8, 4) is 50.2 Å². The first-order valence-corrected chi connectivity index (χ1v) is 14.4. The summed E-state index contributed by atoms with van der Waals surface area (Å²) in [6.45, 7) is 2.09. The zero-order valence-electron chi connectivity index (χ0n) is 28.8. The second kappa shape index (κ2) is 10.8. The van der Waals surface area contributed by atoms with Gasteiger partial charge in [-0.15, -0.1) is 10.2 Å². The van der Waals surface area contributed by atoms with Gasteiger partial charge in [-0.05, 0) is 87.1 Å². The molecule has 0 N–H and O–H groups in total. The van der Waals surface area contributed by atoms with Gasteiger partial charge < -0.3 is 0 Å². The Morgan fingerprint density at radius 1 is 0.545 bits per heavy atom. The number of benzene rings is 6. The van der Waals surface area contributed by atoms with E-state index in [1.165, 1.54) is 0 Å². The number of aryl methyl sites for hydroxylation is 1. The molecule has 8 aromatic rings. The lowest BCUT2D eigenvalue weighted by atomic mass is 9.94. The molecule has 2 heterocycles. The molecule has 2 aromatic heterocycles. The highest BCUT2D eigenvalue weighted by Crippen LogP contribution is 2.36. The molecule has 8 rings (SSSR count). The molecular weight excluding hydrogens is 536 g/mol. The molecule has 4 heteroatoms. The van der Waals surface area contributed by atoms with E-state index in [1.54, 1.807) is 29.3 Å². The molecule has 0 spiro atoms. The van der Waals surface area contributed by atoms with Gasteiger partial charge in [-0.2, -0.15) is 4.80 Å². The molecule has 0 aliphatic heterocycles. The van der Waals surface area contributed by atoms with Gasteiger partial charge in [0.2, 0.25) is 0 Å². The molecule has 0 fully saturated rings. The van der Waals surface area contributed by atoms with Crippen molar-refractivity contribution in [2.45, 2.75) is 6.92 Å². The maximum atomic E-state index is 8.32. The normalized spacial score (nSPS) is 12.9. The van der Waals surface area contributed by atoms with Crippen LogP contribution in [0.3, 0.4) is 0 Å². The molecule has 0 unspecified atom stereocenters. The quantitative estimate of drug-likeness (QED) is 0.207. The van der Waals surface area contributed by atoms with Crippen LogP contribution in [0.1, 0.15) is 12.4 Å². The van der Waals surface area contributed by atoms with Gasteiger partial charge in [0, 0.05) is 17.8 Å². The highest BCUT2D eigenvalue weighted by atomic mass is 15.5. The zero-order valence-corrected chi connectivity index (χ0v) is 23.8. The molecule has 0 amide bonds. The number of rotatable bonds is 5. The average Bonchev–Trinajstić information content (AvgIpc) is 3.58. The second-order valence-corrected chi connectivity index (χ2v) is 10.8. The summed E-state index contributed by atoms with van der Waals surface area (Å²) in [5, 5.41) is 12.0. The lowest BCUT2D eigenvalue weighted by Gasteiger charge is -2.10. The number of hydrogen-bond acceptors (Lipinski definition) is 3. The van der Waals surface area contributed by atoms with E-state index in [4.69, 9.17) is 17.1 Å². The molecule has 0 saturated heterocycles. The van der Waals surface area contributed by atoms with Crippen molar-refractivity contribution in [1.29, 1.82) is 0 Å². The van der Waals surface area contributed by atoms with Gasteiger partial charge in [0.25, 0.3) is 0 Å². The summed E-state index contributed by atoms with van der Waals surface area (Å²) in [6, 6.07) is 35.0. The molecule has 0 aliphatic carbocycles. The highest BCUT2D eigenvalue weighted by Gasteiger charge is 2.15. The van der Waals surface area contributed by atoms with Gasteiger partial charge in [-0.25, -0.2) is 0 Å². The summed E-state index contributed by atoms with van der Waals surface area (Å²) in [5.41, 5.74) is 10.6. The molecule has 0 saturated carbocycles. The van der Waals surface area contributed by atoms with E-state index in [-0.39, 0.29) is 29.7 Å². The third-order valence-corrected chi connectivity index (χ3v) is 7.93. The van der Waals surface area contributed by atoms with Crippen LogP contribution in [0.2, 0.25) is 0 Å². The number of pyridine rings is 1. The smallest absolute Gasteiger partial charge is 0.121 e. The monoisotopic (exact) mass is 569 g/mol. The maximum absolute atomic E-state index is 8.32.